The number of ether oxygens (including phenoxy) is 1. The number of carbonyl (C=O) groups is 1. The summed E-state index contributed by atoms with van der Waals surface area (Å²) in [5.41, 5.74) is 0.461. The zero-order valence-electron chi connectivity index (χ0n) is 16.6. The molecule has 0 unspecified atom stereocenters. The maximum atomic E-state index is 13.4. The van der Waals surface area contributed by atoms with Crippen molar-refractivity contribution in [3.8, 4) is 17.0 Å². The molecule has 1 aromatic heterocycles. The molecule has 3 rings (SSSR count). The van der Waals surface area contributed by atoms with Gasteiger partial charge in [0.25, 0.3) is 5.56 Å². The lowest BCUT2D eigenvalue weighted by molar-refractivity contribution is -0.387. The third-order valence-corrected chi connectivity index (χ3v) is 4.43. The van der Waals surface area contributed by atoms with Gasteiger partial charge in [0.05, 0.1) is 17.7 Å². The van der Waals surface area contributed by atoms with Crippen LogP contribution in [0.1, 0.15) is 12.8 Å². The Balaban J connectivity index is 1.62. The summed E-state index contributed by atoms with van der Waals surface area (Å²) in [6, 6.07) is 13.4. The number of amides is 1. The van der Waals surface area contributed by atoms with Crippen LogP contribution >= 0.6 is 0 Å². The van der Waals surface area contributed by atoms with Crippen molar-refractivity contribution in [2.24, 2.45) is 0 Å². The van der Waals surface area contributed by atoms with Crippen molar-refractivity contribution in [2.75, 3.05) is 12.4 Å². The van der Waals surface area contributed by atoms with Gasteiger partial charge in [-0.25, -0.2) is 4.68 Å². The molecular weight excluding hydrogens is 407 g/mol. The minimum Gasteiger partial charge on any atom is -0.497 e. The van der Waals surface area contributed by atoms with Crippen molar-refractivity contribution >= 4 is 17.3 Å². The van der Waals surface area contributed by atoms with E-state index in [9.17, 15) is 24.1 Å². The first kappa shape index (κ1) is 21.6. The monoisotopic (exact) mass is 426 g/mol. The zero-order chi connectivity index (χ0) is 22.4. The average Bonchev–Trinajstić information content (AvgIpc) is 2.76. The van der Waals surface area contributed by atoms with E-state index in [1.807, 2.05) is 12.1 Å². The van der Waals surface area contributed by atoms with Crippen LogP contribution in [-0.2, 0) is 11.3 Å². The topological polar surface area (TPSA) is 116 Å². The van der Waals surface area contributed by atoms with Gasteiger partial charge in [0.15, 0.2) is 0 Å². The summed E-state index contributed by atoms with van der Waals surface area (Å²) in [6.45, 7) is 0.202. The van der Waals surface area contributed by atoms with Crippen molar-refractivity contribution in [1.82, 2.24) is 9.78 Å². The van der Waals surface area contributed by atoms with Crippen molar-refractivity contribution in [3.05, 3.63) is 80.9 Å². The normalized spacial score (nSPS) is 10.5. The van der Waals surface area contributed by atoms with Crippen molar-refractivity contribution in [3.63, 3.8) is 0 Å². The molecular formula is C21H19FN4O5. The van der Waals surface area contributed by atoms with E-state index in [1.54, 1.807) is 25.3 Å². The van der Waals surface area contributed by atoms with Gasteiger partial charge in [0, 0.05) is 36.3 Å². The van der Waals surface area contributed by atoms with Gasteiger partial charge in [-0.2, -0.15) is 9.49 Å². The summed E-state index contributed by atoms with van der Waals surface area (Å²) in [7, 11) is 1.56. The molecule has 0 radical (unpaired) electrons. The molecule has 1 amide bonds. The molecule has 0 spiro atoms. The summed E-state index contributed by atoms with van der Waals surface area (Å²) >= 11 is 0. The Bertz CT molecular complexity index is 1180. The van der Waals surface area contributed by atoms with E-state index in [-0.39, 0.29) is 24.2 Å². The summed E-state index contributed by atoms with van der Waals surface area (Å²) in [5.74, 6) is -0.739. The fourth-order valence-corrected chi connectivity index (χ4v) is 2.89. The maximum Gasteiger partial charge on any atom is 0.306 e. The summed E-state index contributed by atoms with van der Waals surface area (Å²) < 4.78 is 19.9. The van der Waals surface area contributed by atoms with Crippen LogP contribution in [0.3, 0.4) is 0 Å². The van der Waals surface area contributed by atoms with Crippen LogP contribution in [0.25, 0.3) is 11.3 Å². The molecule has 1 N–H and O–H groups in total. The fourth-order valence-electron chi connectivity index (χ4n) is 2.89. The first-order chi connectivity index (χ1) is 14.9. The van der Waals surface area contributed by atoms with E-state index in [2.05, 4.69) is 10.4 Å². The van der Waals surface area contributed by atoms with Crippen LogP contribution in [0.2, 0.25) is 0 Å². The predicted molar refractivity (Wildman–Crippen MR) is 111 cm³/mol. The fraction of sp³-hybridized carbons (Fsp3) is 0.190. The van der Waals surface area contributed by atoms with E-state index in [0.717, 1.165) is 17.7 Å². The molecule has 31 heavy (non-hydrogen) atoms. The molecule has 0 saturated carbocycles. The first-order valence-electron chi connectivity index (χ1n) is 9.34. The summed E-state index contributed by atoms with van der Waals surface area (Å²) in [6.07, 6.45) is 0.353. The second kappa shape index (κ2) is 9.61. The number of carbonyl (C=O) groups excluding carboxylic acids is 1. The van der Waals surface area contributed by atoms with Gasteiger partial charge in [-0.3, -0.25) is 19.7 Å². The Hall–Kier alpha value is -4.08. The highest BCUT2D eigenvalue weighted by Gasteiger charge is 2.15. The second-order valence-electron chi connectivity index (χ2n) is 6.59. The standard InChI is InChI=1S/C21H19FN4O5/c1-31-16-5-2-4-14(12-16)18-9-10-21(28)25(24-18)11-3-6-20(27)23-15-7-8-17(22)19(13-15)26(29)30/h2,4-5,7-10,12-13H,3,6,11H2,1H3,(H,23,27). The lowest BCUT2D eigenvalue weighted by Gasteiger charge is -2.09. The highest BCUT2D eigenvalue weighted by atomic mass is 19.1. The molecule has 0 aliphatic heterocycles. The van der Waals surface area contributed by atoms with E-state index in [4.69, 9.17) is 4.74 Å². The van der Waals surface area contributed by atoms with Gasteiger partial charge in [-0.05, 0) is 36.8 Å². The molecule has 3 aromatic rings. The number of aryl methyl sites for hydroxylation is 1. The Morgan fingerprint density at radius 2 is 2.03 bits per heavy atom. The smallest absolute Gasteiger partial charge is 0.306 e. The number of rotatable bonds is 8. The molecule has 10 heteroatoms. The first-order valence-corrected chi connectivity index (χ1v) is 9.34. The van der Waals surface area contributed by atoms with Gasteiger partial charge < -0.3 is 10.1 Å². The number of methoxy groups -OCH3 is 1. The highest BCUT2D eigenvalue weighted by molar-refractivity contribution is 5.91. The van der Waals surface area contributed by atoms with Gasteiger partial charge in [-0.1, -0.05) is 12.1 Å². The van der Waals surface area contributed by atoms with Crippen LogP contribution < -0.4 is 15.6 Å². The van der Waals surface area contributed by atoms with E-state index in [1.165, 1.54) is 16.8 Å². The minimum atomic E-state index is -0.982. The molecule has 0 atom stereocenters. The lowest BCUT2D eigenvalue weighted by atomic mass is 10.1. The number of halogens is 1. The van der Waals surface area contributed by atoms with Crippen LogP contribution in [0.15, 0.2) is 59.4 Å². The molecule has 0 aliphatic rings. The van der Waals surface area contributed by atoms with Crippen LogP contribution in [-0.4, -0.2) is 27.7 Å². The highest BCUT2D eigenvalue weighted by Crippen LogP contribution is 2.22. The molecule has 2 aromatic carbocycles. The van der Waals surface area contributed by atoms with E-state index >= 15 is 0 Å². The summed E-state index contributed by atoms with van der Waals surface area (Å²) in [5, 5.41) is 17.6. The minimum absolute atomic E-state index is 0.0443. The van der Waals surface area contributed by atoms with Crippen LogP contribution in [0.4, 0.5) is 15.8 Å². The Kier molecular flexibility index (Phi) is 6.71. The number of benzene rings is 2. The van der Waals surface area contributed by atoms with Crippen LogP contribution in [0.5, 0.6) is 5.75 Å². The molecule has 1 heterocycles. The van der Waals surface area contributed by atoms with Gasteiger partial charge in [0.2, 0.25) is 11.7 Å². The third-order valence-electron chi connectivity index (χ3n) is 4.43. The molecule has 0 aliphatic carbocycles. The van der Waals surface area contributed by atoms with Crippen molar-refractivity contribution < 1.29 is 18.8 Å². The Morgan fingerprint density at radius 3 is 2.77 bits per heavy atom. The van der Waals surface area contributed by atoms with E-state index in [0.29, 0.717) is 17.9 Å². The SMILES string of the molecule is COc1cccc(-c2ccc(=O)n(CCCC(=O)Nc3ccc(F)c([N+](=O)[O-])c3)n2)c1. The van der Waals surface area contributed by atoms with Crippen LogP contribution in [0, 0.1) is 15.9 Å². The molecule has 0 bridgehead atoms. The number of anilines is 1. The molecule has 9 nitrogen and oxygen atoms in total. The molecule has 0 saturated heterocycles. The Labute approximate surface area is 176 Å². The zero-order valence-corrected chi connectivity index (χ0v) is 16.6. The number of aromatic nitrogens is 2. The Morgan fingerprint density at radius 1 is 1.23 bits per heavy atom. The molecule has 0 fully saturated rings. The van der Waals surface area contributed by atoms with Gasteiger partial charge in [0.1, 0.15) is 5.75 Å². The quantitative estimate of drug-likeness (QED) is 0.436. The average molecular weight is 426 g/mol. The largest absolute Gasteiger partial charge is 0.497 e. The number of hydrogen-bond donors (Lipinski definition) is 1. The van der Waals surface area contributed by atoms with Gasteiger partial charge >= 0.3 is 5.69 Å². The number of nitro groups is 1. The number of nitrogens with one attached hydrogen (secondary N) is 1. The number of hydrogen-bond acceptors (Lipinski definition) is 6. The van der Waals surface area contributed by atoms with Gasteiger partial charge in [-0.15, -0.1) is 0 Å². The molecule has 160 valence electrons. The van der Waals surface area contributed by atoms with E-state index < -0.39 is 22.3 Å². The number of nitro benzene ring substituents is 1. The maximum absolute atomic E-state index is 13.4. The number of nitrogens with zero attached hydrogens (tertiary/aromatic N) is 3. The summed E-state index contributed by atoms with van der Waals surface area (Å²) in [4.78, 5) is 34.1. The third kappa shape index (κ3) is 5.50. The lowest BCUT2D eigenvalue weighted by Crippen LogP contribution is -2.23. The van der Waals surface area contributed by atoms with Crippen molar-refractivity contribution in [2.45, 2.75) is 19.4 Å². The predicted octanol–water partition coefficient (Wildman–Crippen LogP) is 3.39. The second-order valence-corrected chi connectivity index (χ2v) is 6.59. The van der Waals surface area contributed by atoms with Crippen molar-refractivity contribution in [1.29, 1.82) is 0 Å².